The van der Waals surface area contributed by atoms with Gasteiger partial charge in [-0.1, -0.05) is 0 Å². The molecule has 0 fully saturated rings. The zero-order chi connectivity index (χ0) is 18.8. The molecule has 2 heterocycles. The molecule has 1 atom stereocenters. The van der Waals surface area contributed by atoms with Gasteiger partial charge >= 0.3 is 6.18 Å². The lowest BCUT2D eigenvalue weighted by atomic mass is 10.1. The zero-order valence-corrected chi connectivity index (χ0v) is 14.9. The number of nitrogen functional groups attached to an aromatic ring is 1. The summed E-state index contributed by atoms with van der Waals surface area (Å²) >= 11 is 5.62. The highest BCUT2D eigenvalue weighted by Gasteiger charge is 2.35. The van der Waals surface area contributed by atoms with Gasteiger partial charge in [-0.05, 0) is 44.7 Å². The third kappa shape index (κ3) is 4.75. The predicted octanol–water partition coefficient (Wildman–Crippen LogP) is 3.60. The third-order valence-electron chi connectivity index (χ3n) is 3.91. The molecule has 3 N–H and O–H groups in total. The van der Waals surface area contributed by atoms with Crippen LogP contribution in [0.3, 0.4) is 0 Å². The number of aryl methyl sites for hydroxylation is 2. The fourth-order valence-electron chi connectivity index (χ4n) is 2.60. The first kappa shape index (κ1) is 19.3. The van der Waals surface area contributed by atoms with Crippen LogP contribution in [0.4, 0.5) is 24.8 Å². The van der Waals surface area contributed by atoms with Gasteiger partial charge in [0, 0.05) is 24.8 Å². The smallest absolute Gasteiger partial charge is 0.384 e. The molecule has 2 aromatic rings. The highest BCUT2D eigenvalue weighted by Crippen LogP contribution is 2.34. The van der Waals surface area contributed by atoms with E-state index >= 15 is 0 Å². The molecule has 0 saturated carbocycles. The number of halogens is 4. The van der Waals surface area contributed by atoms with Crippen LogP contribution in [0.5, 0.6) is 0 Å². The van der Waals surface area contributed by atoms with Gasteiger partial charge in [0.15, 0.2) is 0 Å². The van der Waals surface area contributed by atoms with E-state index in [9.17, 15) is 13.2 Å². The summed E-state index contributed by atoms with van der Waals surface area (Å²) in [5.41, 5.74) is 6.85. The van der Waals surface area contributed by atoms with E-state index in [0.717, 1.165) is 17.7 Å². The molecule has 25 heavy (non-hydrogen) atoms. The standard InChI is InChI=1S/C15H20ClF3N6/c1-8(5-4-6-10-9(2)24-25(3)12(10)20)22-13-11(15(17,18)19)7-21-14(16)23-13/h7-8H,4-6,20H2,1-3H3,(H,21,22,23)/t8-/m1/s1. The van der Waals surface area contributed by atoms with E-state index in [-0.39, 0.29) is 17.1 Å². The van der Waals surface area contributed by atoms with Crippen LogP contribution in [0.1, 0.15) is 36.6 Å². The summed E-state index contributed by atoms with van der Waals surface area (Å²) in [6.07, 6.45) is -1.79. The zero-order valence-electron chi connectivity index (χ0n) is 14.2. The fraction of sp³-hybridized carbons (Fsp3) is 0.533. The van der Waals surface area contributed by atoms with Crippen molar-refractivity contribution in [2.75, 3.05) is 11.1 Å². The molecule has 0 aliphatic carbocycles. The second-order valence-electron chi connectivity index (χ2n) is 5.91. The van der Waals surface area contributed by atoms with Gasteiger partial charge in [0.05, 0.1) is 5.69 Å². The lowest BCUT2D eigenvalue weighted by molar-refractivity contribution is -0.137. The van der Waals surface area contributed by atoms with Gasteiger partial charge < -0.3 is 11.1 Å². The van der Waals surface area contributed by atoms with Crippen LogP contribution in [-0.4, -0.2) is 25.8 Å². The second kappa shape index (κ2) is 7.47. The number of hydrogen-bond donors (Lipinski definition) is 2. The van der Waals surface area contributed by atoms with Gasteiger partial charge in [-0.15, -0.1) is 0 Å². The number of nitrogens with one attached hydrogen (secondary N) is 1. The van der Waals surface area contributed by atoms with E-state index in [0.29, 0.717) is 24.9 Å². The minimum atomic E-state index is -4.55. The molecule has 0 aromatic carbocycles. The molecule has 0 saturated heterocycles. The molecule has 0 bridgehead atoms. The first-order chi connectivity index (χ1) is 11.6. The van der Waals surface area contributed by atoms with Gasteiger partial charge in [-0.2, -0.15) is 18.3 Å². The van der Waals surface area contributed by atoms with Crippen LogP contribution in [0.25, 0.3) is 0 Å². The summed E-state index contributed by atoms with van der Waals surface area (Å²) in [7, 11) is 1.77. The maximum Gasteiger partial charge on any atom is 0.421 e. The quantitative estimate of drug-likeness (QED) is 0.753. The SMILES string of the molecule is Cc1nn(C)c(N)c1CCC[C@@H](C)Nc1nc(Cl)ncc1C(F)(F)F. The topological polar surface area (TPSA) is 81.7 Å². The summed E-state index contributed by atoms with van der Waals surface area (Å²) in [6.45, 7) is 3.67. The first-order valence-electron chi connectivity index (χ1n) is 7.73. The molecule has 0 aliphatic heterocycles. The van der Waals surface area contributed by atoms with Crippen molar-refractivity contribution in [2.45, 2.75) is 45.3 Å². The predicted molar refractivity (Wildman–Crippen MR) is 90.4 cm³/mol. The lowest BCUT2D eigenvalue weighted by Gasteiger charge is -2.18. The minimum absolute atomic E-state index is 0.231. The average molecular weight is 377 g/mol. The Morgan fingerprint density at radius 2 is 2.08 bits per heavy atom. The van der Waals surface area contributed by atoms with Crippen molar-refractivity contribution < 1.29 is 13.2 Å². The summed E-state index contributed by atoms with van der Waals surface area (Å²) < 4.78 is 40.6. The summed E-state index contributed by atoms with van der Waals surface area (Å²) in [6, 6.07) is -0.231. The van der Waals surface area contributed by atoms with Gasteiger partial charge in [-0.25, -0.2) is 9.97 Å². The van der Waals surface area contributed by atoms with Crippen LogP contribution in [-0.2, 0) is 19.6 Å². The summed E-state index contributed by atoms with van der Waals surface area (Å²) in [4.78, 5) is 7.08. The Labute approximate surface area is 148 Å². The highest BCUT2D eigenvalue weighted by molar-refractivity contribution is 6.28. The molecular weight excluding hydrogens is 357 g/mol. The highest BCUT2D eigenvalue weighted by atomic mass is 35.5. The minimum Gasteiger partial charge on any atom is -0.384 e. The Balaban J connectivity index is 1.99. The van der Waals surface area contributed by atoms with Crippen molar-refractivity contribution in [3.63, 3.8) is 0 Å². The second-order valence-corrected chi connectivity index (χ2v) is 6.25. The number of hydrogen-bond acceptors (Lipinski definition) is 5. The maximum absolute atomic E-state index is 13.0. The Morgan fingerprint density at radius 3 is 2.64 bits per heavy atom. The van der Waals surface area contributed by atoms with Crippen LogP contribution in [0.15, 0.2) is 6.20 Å². The molecular formula is C15H20ClF3N6. The molecule has 0 radical (unpaired) electrons. The number of alkyl halides is 3. The van der Waals surface area contributed by atoms with Crippen molar-refractivity contribution in [3.8, 4) is 0 Å². The monoisotopic (exact) mass is 376 g/mol. The lowest BCUT2D eigenvalue weighted by Crippen LogP contribution is -2.20. The van der Waals surface area contributed by atoms with Crippen molar-refractivity contribution in [1.29, 1.82) is 0 Å². The molecule has 0 aliphatic rings. The van der Waals surface area contributed by atoms with Gasteiger partial charge in [-0.3, -0.25) is 4.68 Å². The number of nitrogens with zero attached hydrogens (tertiary/aromatic N) is 4. The van der Waals surface area contributed by atoms with Crippen molar-refractivity contribution in [1.82, 2.24) is 19.7 Å². The van der Waals surface area contributed by atoms with Crippen LogP contribution < -0.4 is 11.1 Å². The number of rotatable bonds is 6. The average Bonchev–Trinajstić information content (AvgIpc) is 2.72. The van der Waals surface area contributed by atoms with Crippen molar-refractivity contribution in [3.05, 3.63) is 28.3 Å². The van der Waals surface area contributed by atoms with E-state index in [1.165, 1.54) is 0 Å². The molecule has 2 aromatic heterocycles. The van der Waals surface area contributed by atoms with Crippen LogP contribution >= 0.6 is 11.6 Å². The third-order valence-corrected chi connectivity index (χ3v) is 4.09. The Morgan fingerprint density at radius 1 is 1.40 bits per heavy atom. The molecule has 0 unspecified atom stereocenters. The number of anilines is 2. The van der Waals surface area contributed by atoms with E-state index in [1.807, 2.05) is 6.92 Å². The van der Waals surface area contributed by atoms with Crippen molar-refractivity contribution >= 4 is 23.2 Å². The number of aromatic nitrogens is 4. The molecule has 0 spiro atoms. The molecule has 6 nitrogen and oxygen atoms in total. The van der Waals surface area contributed by atoms with E-state index in [4.69, 9.17) is 17.3 Å². The van der Waals surface area contributed by atoms with Gasteiger partial charge in [0.1, 0.15) is 17.2 Å². The summed E-state index contributed by atoms with van der Waals surface area (Å²) in [5, 5.41) is 6.78. The van der Waals surface area contributed by atoms with Crippen LogP contribution in [0, 0.1) is 6.92 Å². The normalized spacial score (nSPS) is 13.1. The first-order valence-corrected chi connectivity index (χ1v) is 8.11. The number of nitrogens with two attached hydrogens (primary N) is 1. The molecule has 2 rings (SSSR count). The molecule has 10 heteroatoms. The van der Waals surface area contributed by atoms with Gasteiger partial charge in [0.2, 0.25) is 5.28 Å². The van der Waals surface area contributed by atoms with Crippen molar-refractivity contribution in [2.24, 2.45) is 7.05 Å². The van der Waals surface area contributed by atoms with E-state index in [2.05, 4.69) is 20.4 Å². The fourth-order valence-corrected chi connectivity index (χ4v) is 2.73. The molecule has 0 amide bonds. The van der Waals surface area contributed by atoms with E-state index < -0.39 is 11.7 Å². The Hall–Kier alpha value is -2.03. The Kier molecular flexibility index (Phi) is 5.76. The largest absolute Gasteiger partial charge is 0.421 e. The van der Waals surface area contributed by atoms with E-state index in [1.54, 1.807) is 18.7 Å². The molecule has 138 valence electrons. The van der Waals surface area contributed by atoms with Gasteiger partial charge in [0.25, 0.3) is 0 Å². The Bertz CT molecular complexity index is 744. The van der Waals surface area contributed by atoms with Crippen LogP contribution in [0.2, 0.25) is 5.28 Å². The maximum atomic E-state index is 13.0. The summed E-state index contributed by atoms with van der Waals surface area (Å²) in [5.74, 6) is 0.303.